The van der Waals surface area contributed by atoms with Gasteiger partial charge in [-0.2, -0.15) is 4.98 Å². The number of nitrogens with zero attached hydrogens (tertiary/aromatic N) is 4. The molecule has 54 heavy (non-hydrogen) atoms. The first kappa shape index (κ1) is 36.4. The Morgan fingerprint density at radius 1 is 0.870 bits per heavy atom. The molecule has 3 unspecified atom stereocenters. The molecule has 4 aliphatic heterocycles. The predicted molar refractivity (Wildman–Crippen MR) is 205 cm³/mol. The lowest BCUT2D eigenvalue weighted by Gasteiger charge is -2.34. The third kappa shape index (κ3) is 7.15. The topological polar surface area (TPSA) is 195 Å². The molecule has 0 radical (unpaired) electrons. The zero-order valence-electron chi connectivity index (χ0n) is 29.6. The van der Waals surface area contributed by atoms with Crippen molar-refractivity contribution in [1.82, 2.24) is 29.8 Å². The first-order valence-corrected chi connectivity index (χ1v) is 20.8. The lowest BCUT2D eigenvalue weighted by atomic mass is 10.0. The molecule has 2 saturated heterocycles. The Morgan fingerprint density at radius 2 is 1.65 bits per heavy atom. The molecule has 3 atom stereocenters. The maximum atomic E-state index is 13.9. The van der Waals surface area contributed by atoms with Crippen molar-refractivity contribution >= 4 is 72.7 Å². The average molecular weight is 821 g/mol. The van der Waals surface area contributed by atoms with Gasteiger partial charge < -0.3 is 26.2 Å². The number of benzene rings is 2. The highest BCUT2D eigenvalue weighted by Gasteiger charge is 2.41. The van der Waals surface area contributed by atoms with Gasteiger partial charge in [0.25, 0.3) is 11.8 Å². The monoisotopic (exact) mass is 819 g/mol. The van der Waals surface area contributed by atoms with Gasteiger partial charge in [0.1, 0.15) is 11.9 Å². The quantitative estimate of drug-likeness (QED) is 0.155. The van der Waals surface area contributed by atoms with Gasteiger partial charge in [0.15, 0.2) is 0 Å². The number of sulfonamides is 1. The molecule has 3 aromatic rings. The zero-order chi connectivity index (χ0) is 37.6. The number of hydrogen-bond donors (Lipinski definition) is 5. The van der Waals surface area contributed by atoms with Crippen LogP contribution in [0.2, 0.25) is 0 Å². The van der Waals surface area contributed by atoms with Gasteiger partial charge in [-0.1, -0.05) is 24.6 Å². The van der Waals surface area contributed by atoms with E-state index in [1.54, 1.807) is 21.5 Å². The molecule has 17 heteroatoms. The second-order valence-corrected chi connectivity index (χ2v) is 17.7. The third-order valence-corrected chi connectivity index (χ3v) is 14.2. The van der Waals surface area contributed by atoms with Crippen LogP contribution in [0.1, 0.15) is 89.6 Å². The van der Waals surface area contributed by atoms with Gasteiger partial charge in [0, 0.05) is 67.7 Å². The van der Waals surface area contributed by atoms with Gasteiger partial charge in [-0.15, -0.1) is 0 Å². The highest BCUT2D eigenvalue weighted by Crippen LogP contribution is 2.35. The van der Waals surface area contributed by atoms with Crippen molar-refractivity contribution in [3.8, 4) is 0 Å². The molecule has 4 amide bonds. The van der Waals surface area contributed by atoms with E-state index >= 15 is 0 Å². The van der Waals surface area contributed by atoms with E-state index in [0.29, 0.717) is 91.2 Å². The summed E-state index contributed by atoms with van der Waals surface area (Å²) in [5, 5.41) is 15.0. The Hall–Kier alpha value is -4.61. The predicted octanol–water partition coefficient (Wildman–Crippen LogP) is 4.01. The molecule has 5 N–H and O–H groups in total. The van der Waals surface area contributed by atoms with E-state index in [2.05, 4.69) is 52.5 Å². The molecule has 0 spiro atoms. The molecular weight excluding hydrogens is 778 g/mol. The van der Waals surface area contributed by atoms with Crippen LogP contribution < -0.4 is 26.6 Å². The average Bonchev–Trinajstić information content (AvgIpc) is 3.60. The van der Waals surface area contributed by atoms with E-state index in [1.807, 2.05) is 30.3 Å². The first-order valence-electron chi connectivity index (χ1n) is 18.5. The number of aromatic nitrogens is 2. The fourth-order valence-corrected chi connectivity index (χ4v) is 10.7. The van der Waals surface area contributed by atoms with Gasteiger partial charge in [-0.05, 0) is 84.6 Å². The lowest BCUT2D eigenvalue weighted by molar-refractivity contribution is -0.136. The van der Waals surface area contributed by atoms with E-state index in [4.69, 9.17) is 0 Å². The van der Waals surface area contributed by atoms with Crippen molar-refractivity contribution in [3.63, 3.8) is 0 Å². The molecule has 1 aromatic heterocycles. The minimum Gasteiger partial charge on any atom is -0.382 e. The van der Waals surface area contributed by atoms with Crippen molar-refractivity contribution in [1.29, 1.82) is 0 Å². The van der Waals surface area contributed by atoms with Gasteiger partial charge in [0.05, 0.1) is 21.0 Å². The summed E-state index contributed by atoms with van der Waals surface area (Å²) in [6, 6.07) is 10.5. The molecule has 0 bridgehead atoms. The summed E-state index contributed by atoms with van der Waals surface area (Å²) in [6.07, 6.45) is 6.71. The highest BCUT2D eigenvalue weighted by molar-refractivity contribution is 9.10. The molecule has 5 heterocycles. The highest BCUT2D eigenvalue weighted by atomic mass is 79.9. The fraction of sp³-hybridized carbons (Fsp3) is 0.459. The number of carbonyl (C=O) groups is 4. The molecule has 8 rings (SSSR count). The molecule has 1 aliphatic carbocycles. The summed E-state index contributed by atoms with van der Waals surface area (Å²) in [5.74, 6) is -0.182. The Kier molecular flexibility index (Phi) is 10.0. The standard InChI is InChI=1S/C37H42BrN9O6S/c38-27-19-40-37(45-33(27)43-29-9-1-4-21-18-39-35(50)32(21)29)42-23-14-16-46(17-15-23)54(52,53)24-6-2-5-22(10-11-24)41-28-8-3-7-25-26(28)20-47(36(25)51)30-12-13-31(48)44-34(30)49/h1,3-4,7-9,19,22-24,30,41H,2,5-6,10-18,20H2,(H,39,50)(H,44,48,49)(H2,40,42,43,45). The summed E-state index contributed by atoms with van der Waals surface area (Å²) in [6.45, 7) is 1.57. The van der Waals surface area contributed by atoms with E-state index in [1.165, 1.54) is 0 Å². The summed E-state index contributed by atoms with van der Waals surface area (Å²) in [7, 11) is -3.52. The smallest absolute Gasteiger partial charge is 0.255 e. The minimum atomic E-state index is -3.52. The van der Waals surface area contributed by atoms with Crippen molar-refractivity contribution in [2.75, 3.05) is 29.0 Å². The van der Waals surface area contributed by atoms with Crippen LogP contribution in [-0.2, 0) is 32.7 Å². The first-order chi connectivity index (χ1) is 26.0. The van der Waals surface area contributed by atoms with Crippen LogP contribution >= 0.6 is 15.9 Å². The number of amides is 4. The number of hydrogen-bond acceptors (Lipinski definition) is 11. The maximum absolute atomic E-state index is 13.9. The SMILES string of the molecule is O=C1CCC(N2Cc3c(NC4CCCC(S(=O)(=O)N5CCC(Nc6ncc(Br)c(Nc7cccc8c7C(=O)NC8)n6)CC5)CC4)cccc3C2=O)C(=O)N1. The van der Waals surface area contributed by atoms with Crippen LogP contribution in [0.4, 0.5) is 23.1 Å². The van der Waals surface area contributed by atoms with Crippen LogP contribution in [0.5, 0.6) is 0 Å². The number of rotatable bonds is 9. The number of imide groups is 1. The van der Waals surface area contributed by atoms with Crippen LogP contribution in [0.15, 0.2) is 47.1 Å². The van der Waals surface area contributed by atoms with E-state index in [0.717, 1.165) is 29.7 Å². The molecule has 3 fully saturated rings. The number of nitrogens with one attached hydrogen (secondary N) is 5. The summed E-state index contributed by atoms with van der Waals surface area (Å²) in [4.78, 5) is 60.6. The van der Waals surface area contributed by atoms with Gasteiger partial charge in [0.2, 0.25) is 27.8 Å². The normalized spacial score (nSPS) is 23.6. The summed E-state index contributed by atoms with van der Waals surface area (Å²) < 4.78 is 30.1. The van der Waals surface area contributed by atoms with Gasteiger partial charge in [-0.25, -0.2) is 17.7 Å². The number of fused-ring (bicyclic) bond motifs is 2. The Morgan fingerprint density at radius 3 is 2.46 bits per heavy atom. The number of halogens is 1. The van der Waals surface area contributed by atoms with E-state index < -0.39 is 27.2 Å². The lowest BCUT2D eigenvalue weighted by Crippen LogP contribution is -2.52. The maximum Gasteiger partial charge on any atom is 0.255 e. The van der Waals surface area contributed by atoms with Gasteiger partial charge in [-0.3, -0.25) is 24.5 Å². The number of piperidine rings is 2. The van der Waals surface area contributed by atoms with E-state index in [9.17, 15) is 27.6 Å². The number of anilines is 4. The molecule has 284 valence electrons. The Bertz CT molecular complexity index is 2130. The van der Waals surface area contributed by atoms with Crippen molar-refractivity contribution < 1.29 is 27.6 Å². The molecule has 2 aromatic carbocycles. The largest absolute Gasteiger partial charge is 0.382 e. The number of carbonyl (C=O) groups excluding carboxylic acids is 4. The molecular formula is C37H42BrN9O6S. The third-order valence-electron chi connectivity index (χ3n) is 11.2. The summed E-state index contributed by atoms with van der Waals surface area (Å²) in [5.41, 5.74) is 4.38. The Labute approximate surface area is 321 Å². The second-order valence-electron chi connectivity index (χ2n) is 14.6. The van der Waals surface area contributed by atoms with Crippen LogP contribution in [0.3, 0.4) is 0 Å². The van der Waals surface area contributed by atoms with Gasteiger partial charge >= 0.3 is 0 Å². The van der Waals surface area contributed by atoms with Crippen molar-refractivity contribution in [3.05, 3.63) is 69.3 Å². The summed E-state index contributed by atoms with van der Waals surface area (Å²) >= 11 is 3.51. The fourth-order valence-electron chi connectivity index (χ4n) is 8.33. The van der Waals surface area contributed by atoms with Crippen molar-refractivity contribution in [2.45, 2.75) is 94.3 Å². The van der Waals surface area contributed by atoms with Crippen LogP contribution in [-0.4, -0.2) is 87.7 Å². The van der Waals surface area contributed by atoms with Crippen molar-refractivity contribution in [2.24, 2.45) is 0 Å². The van der Waals surface area contributed by atoms with E-state index in [-0.39, 0.29) is 42.8 Å². The van der Waals surface area contributed by atoms with Crippen LogP contribution in [0, 0.1) is 0 Å². The minimum absolute atomic E-state index is 0.00895. The molecule has 1 saturated carbocycles. The Balaban J connectivity index is 0.851. The molecule has 15 nitrogen and oxygen atoms in total. The molecule has 5 aliphatic rings. The second kappa shape index (κ2) is 14.9. The zero-order valence-corrected chi connectivity index (χ0v) is 32.0. The van der Waals surface area contributed by atoms with Crippen LogP contribution in [0.25, 0.3) is 0 Å².